The number of hydrogen-bond donors (Lipinski definition) is 0. The van der Waals surface area contributed by atoms with E-state index in [1.165, 1.54) is 0 Å². The summed E-state index contributed by atoms with van der Waals surface area (Å²) in [5.74, 6) is 0.673. The summed E-state index contributed by atoms with van der Waals surface area (Å²) < 4.78 is 1.90. The van der Waals surface area contributed by atoms with Crippen molar-refractivity contribution in [3.05, 3.63) is 89.8 Å². The van der Waals surface area contributed by atoms with Crippen molar-refractivity contribution in [2.45, 2.75) is 6.54 Å². The van der Waals surface area contributed by atoms with Crippen LogP contribution >= 0.6 is 11.6 Å². The first-order valence-electron chi connectivity index (χ1n) is 8.59. The largest absolute Gasteiger partial charge is 0.339 e. The summed E-state index contributed by atoms with van der Waals surface area (Å²) in [5, 5.41) is 5.54. The van der Waals surface area contributed by atoms with Crippen molar-refractivity contribution in [1.82, 2.24) is 19.7 Å². The van der Waals surface area contributed by atoms with Crippen LogP contribution in [-0.4, -0.2) is 26.8 Å². The van der Waals surface area contributed by atoms with Crippen molar-refractivity contribution in [1.29, 1.82) is 0 Å². The summed E-state index contributed by atoms with van der Waals surface area (Å²) in [4.78, 5) is 10.7. The van der Waals surface area contributed by atoms with Crippen molar-refractivity contribution in [3.63, 3.8) is 0 Å². The lowest BCUT2D eigenvalue weighted by atomic mass is 10.1. The number of halogens is 1. The second kappa shape index (κ2) is 7.60. The molecule has 0 spiro atoms. The number of hydrogen-bond acceptors (Lipinski definition) is 4. The van der Waals surface area contributed by atoms with Crippen molar-refractivity contribution < 1.29 is 0 Å². The molecule has 27 heavy (non-hydrogen) atoms. The quantitative estimate of drug-likeness (QED) is 0.510. The van der Waals surface area contributed by atoms with E-state index < -0.39 is 0 Å². The number of para-hydroxylation sites is 1. The molecule has 2 heterocycles. The Kier molecular flexibility index (Phi) is 4.85. The van der Waals surface area contributed by atoms with Crippen LogP contribution < -0.4 is 4.90 Å². The molecule has 6 heteroatoms. The van der Waals surface area contributed by atoms with Gasteiger partial charge in [0.15, 0.2) is 0 Å². The van der Waals surface area contributed by atoms with Crippen molar-refractivity contribution in [3.8, 4) is 16.9 Å². The van der Waals surface area contributed by atoms with Gasteiger partial charge in [-0.3, -0.25) is 0 Å². The minimum absolute atomic E-state index is 0.634. The fourth-order valence-electron chi connectivity index (χ4n) is 2.90. The number of anilines is 1. The third-order valence-electron chi connectivity index (χ3n) is 4.23. The summed E-state index contributed by atoms with van der Waals surface area (Å²) in [7, 11) is 1.97. The Morgan fingerprint density at radius 2 is 1.63 bits per heavy atom. The van der Waals surface area contributed by atoms with Crippen molar-refractivity contribution in [2.24, 2.45) is 0 Å². The molecular weight excluding hydrogens is 358 g/mol. The molecule has 5 nitrogen and oxygen atoms in total. The molecule has 4 rings (SSSR count). The number of benzene rings is 2. The van der Waals surface area contributed by atoms with Gasteiger partial charge in [-0.25, -0.2) is 14.6 Å². The predicted octanol–water partition coefficient (Wildman–Crippen LogP) is 4.62. The zero-order valence-corrected chi connectivity index (χ0v) is 15.6. The average Bonchev–Trinajstić information content (AvgIpc) is 3.13. The summed E-state index contributed by atoms with van der Waals surface area (Å²) in [5.41, 5.74) is 4.03. The van der Waals surface area contributed by atoms with Gasteiger partial charge in [-0.15, -0.1) is 0 Å². The van der Waals surface area contributed by atoms with E-state index in [-0.39, 0.29) is 0 Å². The Balaban J connectivity index is 1.74. The minimum Gasteiger partial charge on any atom is -0.339 e. The molecule has 2 aromatic carbocycles. The van der Waals surface area contributed by atoms with Crippen LogP contribution in [0.3, 0.4) is 0 Å². The van der Waals surface area contributed by atoms with Gasteiger partial charge in [0, 0.05) is 48.3 Å². The third kappa shape index (κ3) is 3.83. The molecule has 0 saturated heterocycles. The van der Waals surface area contributed by atoms with E-state index in [4.69, 9.17) is 16.7 Å². The van der Waals surface area contributed by atoms with Gasteiger partial charge in [0.25, 0.3) is 0 Å². The first-order chi connectivity index (χ1) is 13.2. The molecule has 2 aromatic heterocycles. The van der Waals surface area contributed by atoms with Crippen LogP contribution in [0.2, 0.25) is 5.02 Å². The van der Waals surface area contributed by atoms with E-state index in [0.717, 1.165) is 22.5 Å². The Morgan fingerprint density at radius 1 is 0.926 bits per heavy atom. The highest BCUT2D eigenvalue weighted by Crippen LogP contribution is 2.26. The van der Waals surface area contributed by atoms with E-state index in [2.05, 4.69) is 16.2 Å². The Bertz CT molecular complexity index is 1010. The summed E-state index contributed by atoms with van der Waals surface area (Å²) >= 11 is 6.05. The van der Waals surface area contributed by atoms with Gasteiger partial charge in [0.05, 0.1) is 11.4 Å². The van der Waals surface area contributed by atoms with Crippen LogP contribution in [0.15, 0.2) is 79.3 Å². The van der Waals surface area contributed by atoms with Gasteiger partial charge >= 0.3 is 0 Å². The lowest BCUT2D eigenvalue weighted by Gasteiger charge is -2.16. The van der Waals surface area contributed by atoms with E-state index in [1.54, 1.807) is 12.4 Å². The van der Waals surface area contributed by atoms with Gasteiger partial charge in [-0.05, 0) is 30.3 Å². The highest BCUT2D eigenvalue weighted by atomic mass is 35.5. The Labute approximate surface area is 162 Å². The standard InChI is InChI=1S/C21H18ClN5/c1-26(21-23-12-5-13-24-21)14-17-15-27(19-6-3-2-4-7-19)25-20(17)16-8-10-18(22)11-9-16/h2-13,15H,14H2,1H3. The molecule has 4 aromatic rings. The monoisotopic (exact) mass is 375 g/mol. The first kappa shape index (κ1) is 17.2. The average molecular weight is 376 g/mol. The molecule has 0 aliphatic rings. The molecule has 0 radical (unpaired) electrons. The maximum atomic E-state index is 6.05. The molecular formula is C21H18ClN5. The molecule has 0 unspecified atom stereocenters. The fraction of sp³-hybridized carbons (Fsp3) is 0.0952. The predicted molar refractivity (Wildman–Crippen MR) is 108 cm³/mol. The van der Waals surface area contributed by atoms with Gasteiger partial charge in [0.2, 0.25) is 5.95 Å². The number of aromatic nitrogens is 4. The van der Waals surface area contributed by atoms with Gasteiger partial charge in [-0.2, -0.15) is 5.10 Å². The topological polar surface area (TPSA) is 46.8 Å². The second-order valence-corrected chi connectivity index (χ2v) is 6.63. The van der Waals surface area contributed by atoms with Crippen LogP contribution in [0.5, 0.6) is 0 Å². The second-order valence-electron chi connectivity index (χ2n) is 6.19. The fourth-order valence-corrected chi connectivity index (χ4v) is 3.03. The molecule has 0 aliphatic carbocycles. The first-order valence-corrected chi connectivity index (χ1v) is 8.96. The van der Waals surface area contributed by atoms with E-state index in [9.17, 15) is 0 Å². The zero-order chi connectivity index (χ0) is 18.6. The Morgan fingerprint density at radius 3 is 2.33 bits per heavy atom. The molecule has 0 saturated carbocycles. The Hall–Kier alpha value is -3.18. The van der Waals surface area contributed by atoms with Crippen molar-refractivity contribution >= 4 is 17.5 Å². The molecule has 134 valence electrons. The molecule has 0 aliphatic heterocycles. The van der Waals surface area contributed by atoms with Gasteiger partial charge < -0.3 is 4.90 Å². The third-order valence-corrected chi connectivity index (χ3v) is 4.48. The summed E-state index contributed by atoms with van der Waals surface area (Å²) in [6.07, 6.45) is 5.54. The molecule has 0 fully saturated rings. The highest BCUT2D eigenvalue weighted by molar-refractivity contribution is 6.30. The van der Waals surface area contributed by atoms with Crippen molar-refractivity contribution in [2.75, 3.05) is 11.9 Å². The number of nitrogens with zero attached hydrogens (tertiary/aromatic N) is 5. The van der Waals surface area contributed by atoms with Gasteiger partial charge in [-0.1, -0.05) is 41.9 Å². The van der Waals surface area contributed by atoms with Crippen LogP contribution in [0.25, 0.3) is 16.9 Å². The normalized spacial score (nSPS) is 10.7. The minimum atomic E-state index is 0.634. The van der Waals surface area contributed by atoms with Gasteiger partial charge in [0.1, 0.15) is 0 Å². The van der Waals surface area contributed by atoms with Crippen LogP contribution in [0.4, 0.5) is 5.95 Å². The van der Waals surface area contributed by atoms with Crippen LogP contribution in [0.1, 0.15) is 5.56 Å². The lowest BCUT2D eigenvalue weighted by molar-refractivity contribution is 0.861. The van der Waals surface area contributed by atoms with E-state index >= 15 is 0 Å². The van der Waals surface area contributed by atoms with E-state index in [0.29, 0.717) is 17.5 Å². The molecule has 0 N–H and O–H groups in total. The number of rotatable bonds is 5. The maximum absolute atomic E-state index is 6.05. The van der Waals surface area contributed by atoms with Crippen LogP contribution in [-0.2, 0) is 6.54 Å². The summed E-state index contributed by atoms with van der Waals surface area (Å²) in [6.45, 7) is 0.634. The zero-order valence-electron chi connectivity index (χ0n) is 14.8. The summed E-state index contributed by atoms with van der Waals surface area (Å²) in [6, 6.07) is 19.6. The molecule has 0 bridgehead atoms. The highest BCUT2D eigenvalue weighted by Gasteiger charge is 2.15. The maximum Gasteiger partial charge on any atom is 0.225 e. The van der Waals surface area contributed by atoms with E-state index in [1.807, 2.05) is 77.3 Å². The SMILES string of the molecule is CN(Cc1cn(-c2ccccc2)nc1-c1ccc(Cl)cc1)c1ncccn1. The lowest BCUT2D eigenvalue weighted by Crippen LogP contribution is -2.18. The molecule has 0 atom stereocenters. The van der Waals surface area contributed by atoms with Crippen LogP contribution in [0, 0.1) is 0 Å². The molecule has 0 amide bonds. The smallest absolute Gasteiger partial charge is 0.225 e.